The zero-order valence-electron chi connectivity index (χ0n) is 11.7. The fraction of sp³-hybridized carbons (Fsp3) is 1.00. The second-order valence-electron chi connectivity index (χ2n) is 5.44. The molecule has 15 heavy (non-hydrogen) atoms. The molecule has 0 N–H and O–H groups in total. The fourth-order valence-electron chi connectivity index (χ4n) is 2.06. The van der Waals surface area contributed by atoms with Crippen LogP contribution in [0.5, 0.6) is 0 Å². The minimum atomic E-state index is 0.773. The third-order valence-corrected chi connectivity index (χ3v) is 3.24. The van der Waals surface area contributed by atoms with Crippen molar-refractivity contribution in [2.75, 3.05) is 27.2 Å². The summed E-state index contributed by atoms with van der Waals surface area (Å²) in [5.74, 6) is 2.41. The van der Waals surface area contributed by atoms with Crippen LogP contribution in [0.1, 0.15) is 41.0 Å². The van der Waals surface area contributed by atoms with E-state index in [9.17, 15) is 0 Å². The van der Waals surface area contributed by atoms with Gasteiger partial charge in [-0.25, -0.2) is 10.0 Å². The second-order valence-corrected chi connectivity index (χ2v) is 5.44. The molecule has 2 heteroatoms. The molecule has 0 saturated heterocycles. The molecular weight excluding hydrogens is 184 g/mol. The normalized spacial score (nSPS) is 16.4. The third-order valence-electron chi connectivity index (χ3n) is 3.24. The molecule has 0 fully saturated rings. The third kappa shape index (κ3) is 6.16. The van der Waals surface area contributed by atoms with Gasteiger partial charge in [0.15, 0.2) is 0 Å². The fourth-order valence-corrected chi connectivity index (χ4v) is 2.06. The quantitative estimate of drug-likeness (QED) is 0.601. The van der Waals surface area contributed by atoms with Crippen LogP contribution < -0.4 is 0 Å². The Labute approximate surface area is 96.6 Å². The van der Waals surface area contributed by atoms with E-state index in [4.69, 9.17) is 0 Å². The Kier molecular flexibility index (Phi) is 7.20. The van der Waals surface area contributed by atoms with E-state index in [0.29, 0.717) is 0 Å². The van der Waals surface area contributed by atoms with Gasteiger partial charge >= 0.3 is 0 Å². The van der Waals surface area contributed by atoms with Crippen molar-refractivity contribution in [3.63, 3.8) is 0 Å². The first-order valence-electron chi connectivity index (χ1n) is 6.30. The van der Waals surface area contributed by atoms with Gasteiger partial charge in [-0.15, -0.1) is 0 Å². The maximum atomic E-state index is 2.40. The van der Waals surface area contributed by atoms with E-state index < -0.39 is 0 Å². The van der Waals surface area contributed by atoms with Gasteiger partial charge in [0, 0.05) is 27.2 Å². The molecule has 92 valence electrons. The lowest BCUT2D eigenvalue weighted by molar-refractivity contribution is 0.00873. The van der Waals surface area contributed by atoms with Crippen LogP contribution in [0.25, 0.3) is 0 Å². The molecule has 0 aliphatic rings. The summed E-state index contributed by atoms with van der Waals surface area (Å²) in [6, 6.07) is 0. The summed E-state index contributed by atoms with van der Waals surface area (Å²) in [6.07, 6.45) is 1.34. The second kappa shape index (κ2) is 7.24. The average molecular weight is 214 g/mol. The summed E-state index contributed by atoms with van der Waals surface area (Å²) >= 11 is 0. The maximum absolute atomic E-state index is 2.40. The molecule has 0 rings (SSSR count). The zero-order chi connectivity index (χ0) is 12.0. The van der Waals surface area contributed by atoms with Gasteiger partial charge in [0.25, 0.3) is 0 Å². The molecule has 2 unspecified atom stereocenters. The minimum absolute atomic E-state index is 0.773. The van der Waals surface area contributed by atoms with Gasteiger partial charge in [-0.2, -0.15) is 0 Å². The van der Waals surface area contributed by atoms with Crippen LogP contribution in [0, 0.1) is 17.8 Å². The van der Waals surface area contributed by atoms with Gasteiger partial charge in [0.1, 0.15) is 0 Å². The van der Waals surface area contributed by atoms with Gasteiger partial charge in [-0.05, 0) is 24.2 Å². The van der Waals surface area contributed by atoms with Gasteiger partial charge in [-0.3, -0.25) is 0 Å². The number of rotatable bonds is 7. The van der Waals surface area contributed by atoms with Crippen LogP contribution in [0.15, 0.2) is 0 Å². The molecule has 0 aliphatic carbocycles. The Balaban J connectivity index is 4.03. The summed E-state index contributed by atoms with van der Waals surface area (Å²) in [5.41, 5.74) is 0. The standard InChI is InChI=1S/C13H30N2/c1-8-15(14(6)7)10-13(5)12(4)9-11(2)3/h11-13H,8-10H2,1-7H3. The van der Waals surface area contributed by atoms with Gasteiger partial charge < -0.3 is 0 Å². The van der Waals surface area contributed by atoms with E-state index in [1.807, 2.05) is 0 Å². The molecule has 0 bridgehead atoms. The van der Waals surface area contributed by atoms with Crippen molar-refractivity contribution >= 4 is 0 Å². The molecule has 0 spiro atoms. The van der Waals surface area contributed by atoms with Crippen LogP contribution >= 0.6 is 0 Å². The molecule has 0 aliphatic heterocycles. The van der Waals surface area contributed by atoms with Crippen molar-refractivity contribution in [2.24, 2.45) is 17.8 Å². The lowest BCUT2D eigenvalue weighted by Gasteiger charge is -2.32. The van der Waals surface area contributed by atoms with E-state index in [0.717, 1.165) is 24.3 Å². The average Bonchev–Trinajstić information content (AvgIpc) is 2.11. The predicted molar refractivity (Wildman–Crippen MR) is 68.7 cm³/mol. The predicted octanol–water partition coefficient (Wildman–Crippen LogP) is 3.10. The lowest BCUT2D eigenvalue weighted by atomic mass is 9.88. The molecule has 2 nitrogen and oxygen atoms in total. The Hall–Kier alpha value is -0.0800. The van der Waals surface area contributed by atoms with Gasteiger partial charge in [0.2, 0.25) is 0 Å². The van der Waals surface area contributed by atoms with Crippen LogP contribution in [-0.2, 0) is 0 Å². The molecule has 0 heterocycles. The summed E-state index contributed by atoms with van der Waals surface area (Å²) in [7, 11) is 4.26. The van der Waals surface area contributed by atoms with Crippen molar-refractivity contribution < 1.29 is 0 Å². The first kappa shape index (κ1) is 14.9. The smallest absolute Gasteiger partial charge is 0.0161 e. The van der Waals surface area contributed by atoms with Crippen LogP contribution in [0.3, 0.4) is 0 Å². The van der Waals surface area contributed by atoms with E-state index in [1.165, 1.54) is 13.0 Å². The highest BCUT2D eigenvalue weighted by atomic mass is 15.6. The Morgan fingerprint density at radius 1 is 0.933 bits per heavy atom. The number of nitrogens with zero attached hydrogens (tertiary/aromatic N) is 2. The van der Waals surface area contributed by atoms with Crippen LogP contribution in [0.2, 0.25) is 0 Å². The van der Waals surface area contributed by atoms with E-state index in [1.54, 1.807) is 0 Å². The van der Waals surface area contributed by atoms with Crippen molar-refractivity contribution in [2.45, 2.75) is 41.0 Å². The number of hydrazine groups is 1. The zero-order valence-corrected chi connectivity index (χ0v) is 11.7. The summed E-state index contributed by atoms with van der Waals surface area (Å²) in [6.45, 7) is 13.9. The van der Waals surface area contributed by atoms with E-state index in [-0.39, 0.29) is 0 Å². The molecule has 0 saturated carbocycles. The lowest BCUT2D eigenvalue weighted by Crippen LogP contribution is -2.40. The highest BCUT2D eigenvalue weighted by Gasteiger charge is 2.17. The molecule has 0 aromatic carbocycles. The molecule has 0 aromatic rings. The Morgan fingerprint density at radius 3 is 1.80 bits per heavy atom. The highest BCUT2D eigenvalue weighted by molar-refractivity contribution is 4.66. The van der Waals surface area contributed by atoms with Crippen molar-refractivity contribution in [1.29, 1.82) is 0 Å². The summed E-state index contributed by atoms with van der Waals surface area (Å²) in [5, 5.41) is 4.61. The summed E-state index contributed by atoms with van der Waals surface area (Å²) in [4.78, 5) is 0. The van der Waals surface area contributed by atoms with Crippen molar-refractivity contribution in [3.05, 3.63) is 0 Å². The molecule has 2 atom stereocenters. The summed E-state index contributed by atoms with van der Waals surface area (Å²) < 4.78 is 0. The molecule has 0 amide bonds. The first-order chi connectivity index (χ1) is 6.88. The number of hydrogen-bond donors (Lipinski definition) is 0. The van der Waals surface area contributed by atoms with Crippen molar-refractivity contribution in [1.82, 2.24) is 10.0 Å². The van der Waals surface area contributed by atoms with E-state index >= 15 is 0 Å². The first-order valence-corrected chi connectivity index (χ1v) is 6.30. The minimum Gasteiger partial charge on any atom is -0.248 e. The molecule has 0 aromatic heterocycles. The maximum Gasteiger partial charge on any atom is 0.0161 e. The highest BCUT2D eigenvalue weighted by Crippen LogP contribution is 2.20. The SMILES string of the molecule is CCN(CC(C)C(C)CC(C)C)N(C)C. The molecular formula is C13H30N2. The van der Waals surface area contributed by atoms with Crippen LogP contribution in [-0.4, -0.2) is 37.2 Å². The van der Waals surface area contributed by atoms with Gasteiger partial charge in [0.05, 0.1) is 0 Å². The van der Waals surface area contributed by atoms with E-state index in [2.05, 4.69) is 58.7 Å². The Morgan fingerprint density at radius 2 is 1.47 bits per heavy atom. The topological polar surface area (TPSA) is 6.48 Å². The Bertz CT molecular complexity index is 155. The van der Waals surface area contributed by atoms with Crippen LogP contribution in [0.4, 0.5) is 0 Å². The van der Waals surface area contributed by atoms with Crippen molar-refractivity contribution in [3.8, 4) is 0 Å². The van der Waals surface area contributed by atoms with Gasteiger partial charge in [-0.1, -0.05) is 34.6 Å². The monoisotopic (exact) mass is 214 g/mol. The largest absolute Gasteiger partial charge is 0.248 e. The molecule has 0 radical (unpaired) electrons. The number of hydrogen-bond acceptors (Lipinski definition) is 2.